The normalized spacial score (nSPS) is 17.3. The molecule has 0 bridgehead atoms. The van der Waals surface area contributed by atoms with Crippen molar-refractivity contribution >= 4 is 44.3 Å². The lowest BCUT2D eigenvalue weighted by Gasteiger charge is -2.25. The van der Waals surface area contributed by atoms with Crippen LogP contribution in [-0.2, 0) is 9.59 Å². The van der Waals surface area contributed by atoms with Crippen molar-refractivity contribution in [3.05, 3.63) is 9.98 Å². The number of nitrogens with zero attached hydrogens (tertiary/aromatic N) is 1. The number of amides is 1. The van der Waals surface area contributed by atoms with Gasteiger partial charge in [-0.25, -0.2) is 4.98 Å². The molecule has 1 aromatic rings. The van der Waals surface area contributed by atoms with Crippen molar-refractivity contribution < 1.29 is 14.7 Å². The van der Waals surface area contributed by atoms with Gasteiger partial charge in [0.05, 0.1) is 16.4 Å². The predicted octanol–water partition coefficient (Wildman–Crippen LogP) is 3.27. The highest BCUT2D eigenvalue weighted by molar-refractivity contribution is 9.11. The van der Waals surface area contributed by atoms with Crippen molar-refractivity contribution in [2.45, 2.75) is 38.5 Å². The summed E-state index contributed by atoms with van der Waals surface area (Å²) in [6.07, 6.45) is 5.59. The second-order valence-electron chi connectivity index (χ2n) is 4.97. The molecule has 1 fully saturated rings. The Balaban J connectivity index is 1.97. The van der Waals surface area contributed by atoms with Gasteiger partial charge >= 0.3 is 5.97 Å². The topological polar surface area (TPSA) is 79.3 Å². The second-order valence-corrected chi connectivity index (χ2v) is 7.38. The van der Waals surface area contributed by atoms with Gasteiger partial charge in [-0.3, -0.25) is 9.59 Å². The molecule has 0 spiro atoms. The van der Waals surface area contributed by atoms with Crippen LogP contribution in [0.15, 0.2) is 9.98 Å². The van der Waals surface area contributed by atoms with Crippen LogP contribution in [0.3, 0.4) is 0 Å². The molecule has 0 saturated heterocycles. The van der Waals surface area contributed by atoms with Gasteiger partial charge in [0.15, 0.2) is 5.13 Å². The van der Waals surface area contributed by atoms with Gasteiger partial charge < -0.3 is 10.4 Å². The van der Waals surface area contributed by atoms with Crippen LogP contribution in [0, 0.1) is 5.41 Å². The number of carbonyl (C=O) groups is 2. The molecule has 1 saturated carbocycles. The first-order valence-electron chi connectivity index (χ1n) is 6.12. The number of nitrogens with one attached hydrogen (secondary N) is 1. The minimum Gasteiger partial charge on any atom is -0.481 e. The zero-order chi connectivity index (χ0) is 13.9. The van der Waals surface area contributed by atoms with Crippen molar-refractivity contribution in [3.8, 4) is 0 Å². The molecule has 0 aromatic carbocycles. The fourth-order valence-electron chi connectivity index (χ4n) is 2.68. The fourth-order valence-corrected chi connectivity index (χ4v) is 3.80. The van der Waals surface area contributed by atoms with E-state index in [1.165, 1.54) is 11.3 Å². The number of carboxylic acids is 1. The van der Waals surface area contributed by atoms with E-state index < -0.39 is 5.97 Å². The Bertz CT molecular complexity index is 483. The van der Waals surface area contributed by atoms with Crippen LogP contribution in [0.25, 0.3) is 0 Å². The summed E-state index contributed by atoms with van der Waals surface area (Å²) in [7, 11) is 0. The van der Waals surface area contributed by atoms with Crippen LogP contribution < -0.4 is 5.32 Å². The van der Waals surface area contributed by atoms with Gasteiger partial charge in [-0.05, 0) is 34.2 Å². The first kappa shape index (κ1) is 14.5. The van der Waals surface area contributed by atoms with Crippen molar-refractivity contribution in [1.82, 2.24) is 4.98 Å². The van der Waals surface area contributed by atoms with Gasteiger partial charge in [-0.15, -0.1) is 0 Å². The summed E-state index contributed by atoms with van der Waals surface area (Å²) < 4.78 is 0.851. The maximum Gasteiger partial charge on any atom is 0.303 e. The number of carboxylic acid groups (broad SMARTS) is 1. The molecule has 5 nitrogen and oxygen atoms in total. The third kappa shape index (κ3) is 4.01. The Morgan fingerprint density at radius 3 is 2.63 bits per heavy atom. The van der Waals surface area contributed by atoms with Crippen molar-refractivity contribution in [3.63, 3.8) is 0 Å². The van der Waals surface area contributed by atoms with Crippen LogP contribution in [0.1, 0.15) is 38.5 Å². The molecule has 0 unspecified atom stereocenters. The Hall–Kier alpha value is -0.950. The molecular weight excluding hydrogens is 332 g/mol. The first-order valence-corrected chi connectivity index (χ1v) is 7.73. The summed E-state index contributed by atoms with van der Waals surface area (Å²) in [5.74, 6) is -0.975. The molecule has 1 aliphatic rings. The van der Waals surface area contributed by atoms with Crippen LogP contribution in [0.5, 0.6) is 0 Å². The predicted molar refractivity (Wildman–Crippen MR) is 76.2 cm³/mol. The number of aliphatic carboxylic acids is 1. The van der Waals surface area contributed by atoms with Gasteiger partial charge in [-0.1, -0.05) is 24.2 Å². The summed E-state index contributed by atoms with van der Waals surface area (Å²) in [4.78, 5) is 27.0. The summed E-state index contributed by atoms with van der Waals surface area (Å²) in [5, 5.41) is 12.3. The van der Waals surface area contributed by atoms with E-state index in [0.29, 0.717) is 5.13 Å². The highest BCUT2D eigenvalue weighted by Gasteiger charge is 2.38. The molecule has 7 heteroatoms. The highest BCUT2D eigenvalue weighted by Crippen LogP contribution is 2.44. The molecule has 0 aliphatic heterocycles. The summed E-state index contributed by atoms with van der Waals surface area (Å²) >= 11 is 4.62. The number of aromatic nitrogens is 1. The maximum absolute atomic E-state index is 12.0. The van der Waals surface area contributed by atoms with Crippen LogP contribution in [-0.4, -0.2) is 22.0 Å². The molecule has 2 rings (SSSR count). The molecule has 1 aliphatic carbocycles. The van der Waals surface area contributed by atoms with Gasteiger partial charge in [0.25, 0.3) is 0 Å². The smallest absolute Gasteiger partial charge is 0.303 e. The van der Waals surface area contributed by atoms with Crippen LogP contribution in [0.4, 0.5) is 5.13 Å². The fraction of sp³-hybridized carbons (Fsp3) is 0.583. The lowest BCUT2D eigenvalue weighted by atomic mass is 9.79. The Morgan fingerprint density at radius 2 is 2.11 bits per heavy atom. The molecule has 0 radical (unpaired) electrons. The van der Waals surface area contributed by atoms with Gasteiger partial charge in [0, 0.05) is 6.42 Å². The number of anilines is 1. The number of hydrogen-bond acceptors (Lipinski definition) is 4. The van der Waals surface area contributed by atoms with E-state index in [2.05, 4.69) is 26.2 Å². The third-order valence-corrected chi connectivity index (χ3v) is 4.84. The Morgan fingerprint density at radius 1 is 1.42 bits per heavy atom. The quantitative estimate of drug-likeness (QED) is 0.857. The number of carbonyl (C=O) groups excluding carboxylic acids is 1. The van der Waals surface area contributed by atoms with Crippen molar-refractivity contribution in [1.29, 1.82) is 0 Å². The number of rotatable bonds is 5. The largest absolute Gasteiger partial charge is 0.481 e. The number of thiazole rings is 1. The summed E-state index contributed by atoms with van der Waals surface area (Å²) in [6.45, 7) is 0. The van der Waals surface area contributed by atoms with Crippen molar-refractivity contribution in [2.75, 3.05) is 5.32 Å². The second kappa shape index (κ2) is 6.00. The van der Waals surface area contributed by atoms with Gasteiger partial charge in [-0.2, -0.15) is 0 Å². The van der Waals surface area contributed by atoms with E-state index in [0.717, 1.165) is 29.5 Å². The Labute approximate surface area is 123 Å². The lowest BCUT2D eigenvalue weighted by molar-refractivity contribution is -0.140. The van der Waals surface area contributed by atoms with Crippen LogP contribution >= 0.6 is 27.3 Å². The van der Waals surface area contributed by atoms with E-state index in [-0.39, 0.29) is 24.2 Å². The van der Waals surface area contributed by atoms with E-state index in [1.54, 1.807) is 6.20 Å². The first-order chi connectivity index (χ1) is 8.99. The summed E-state index contributed by atoms with van der Waals surface area (Å²) in [6, 6.07) is 0. The van der Waals surface area contributed by atoms with Crippen molar-refractivity contribution in [2.24, 2.45) is 5.41 Å². The molecular formula is C12H15BrN2O3S. The maximum atomic E-state index is 12.0. The zero-order valence-electron chi connectivity index (χ0n) is 10.3. The van der Waals surface area contributed by atoms with E-state index in [9.17, 15) is 9.59 Å². The lowest BCUT2D eigenvalue weighted by Crippen LogP contribution is -2.27. The van der Waals surface area contributed by atoms with E-state index in [4.69, 9.17) is 5.11 Å². The Kier molecular flexibility index (Phi) is 4.57. The number of hydrogen-bond donors (Lipinski definition) is 2. The van der Waals surface area contributed by atoms with Gasteiger partial charge in [0.2, 0.25) is 5.91 Å². The minimum atomic E-state index is -0.827. The molecule has 0 atom stereocenters. The zero-order valence-corrected chi connectivity index (χ0v) is 12.7. The number of halogens is 1. The highest BCUT2D eigenvalue weighted by atomic mass is 79.9. The molecule has 19 heavy (non-hydrogen) atoms. The third-order valence-electron chi connectivity index (χ3n) is 3.45. The minimum absolute atomic E-state index is 0.0714. The molecule has 2 N–H and O–H groups in total. The standard InChI is InChI=1S/C12H15BrN2O3S/c13-8-7-14-11(19-8)15-9(16)5-12(6-10(17)18)3-1-2-4-12/h7H,1-6H2,(H,17,18)(H,14,15,16). The molecule has 1 heterocycles. The van der Waals surface area contributed by atoms with E-state index >= 15 is 0 Å². The van der Waals surface area contributed by atoms with Crippen LogP contribution in [0.2, 0.25) is 0 Å². The SMILES string of the molecule is O=C(O)CC1(CC(=O)Nc2ncc(Br)s2)CCCC1. The summed E-state index contributed by atoms with van der Waals surface area (Å²) in [5.41, 5.74) is -0.371. The molecule has 1 amide bonds. The average Bonchev–Trinajstić information content (AvgIpc) is 2.87. The monoisotopic (exact) mass is 346 g/mol. The van der Waals surface area contributed by atoms with E-state index in [1.807, 2.05) is 0 Å². The average molecular weight is 347 g/mol. The molecule has 104 valence electrons. The molecule has 1 aromatic heterocycles. The van der Waals surface area contributed by atoms with Gasteiger partial charge in [0.1, 0.15) is 0 Å².